The van der Waals surface area contributed by atoms with E-state index in [1.165, 1.54) is 10.9 Å². The standard InChI is InChI=1S/C7H12N4O/c1-11-5-9-10-6(7(11)12)3-2-4-8/h5H,2-4,8H2,1H3. The van der Waals surface area contributed by atoms with Gasteiger partial charge in [-0.2, -0.15) is 0 Å². The van der Waals surface area contributed by atoms with Crippen molar-refractivity contribution in [2.45, 2.75) is 12.8 Å². The van der Waals surface area contributed by atoms with Gasteiger partial charge in [-0.05, 0) is 19.4 Å². The van der Waals surface area contributed by atoms with E-state index in [1.54, 1.807) is 7.05 Å². The Balaban J connectivity index is 2.85. The summed E-state index contributed by atoms with van der Waals surface area (Å²) in [6.07, 6.45) is 2.78. The fourth-order valence-corrected chi connectivity index (χ4v) is 0.898. The third-order valence-corrected chi connectivity index (χ3v) is 1.59. The Morgan fingerprint density at radius 2 is 2.42 bits per heavy atom. The minimum absolute atomic E-state index is 0.0848. The van der Waals surface area contributed by atoms with Gasteiger partial charge in [-0.25, -0.2) is 0 Å². The maximum atomic E-state index is 11.3. The number of aryl methyl sites for hydroxylation is 2. The molecule has 66 valence electrons. The third kappa shape index (κ3) is 1.88. The molecule has 0 aliphatic carbocycles. The van der Waals surface area contributed by atoms with E-state index >= 15 is 0 Å². The van der Waals surface area contributed by atoms with Crippen LogP contribution in [0.1, 0.15) is 12.1 Å². The quantitative estimate of drug-likeness (QED) is 0.632. The predicted octanol–water partition coefficient (Wildman–Crippen LogP) is -0.933. The molecule has 0 amide bonds. The smallest absolute Gasteiger partial charge is 0.275 e. The molecule has 2 N–H and O–H groups in total. The summed E-state index contributed by atoms with van der Waals surface area (Å²) in [5, 5.41) is 7.41. The molecule has 0 atom stereocenters. The van der Waals surface area contributed by atoms with Gasteiger partial charge in [-0.1, -0.05) is 0 Å². The molecular formula is C7H12N4O. The van der Waals surface area contributed by atoms with Gasteiger partial charge in [0.15, 0.2) is 0 Å². The van der Waals surface area contributed by atoms with Gasteiger partial charge in [-0.3, -0.25) is 9.36 Å². The zero-order chi connectivity index (χ0) is 8.97. The van der Waals surface area contributed by atoms with E-state index in [4.69, 9.17) is 5.73 Å². The molecule has 1 aromatic heterocycles. The van der Waals surface area contributed by atoms with Crippen LogP contribution in [0.15, 0.2) is 11.1 Å². The molecule has 5 heteroatoms. The molecule has 0 aliphatic rings. The van der Waals surface area contributed by atoms with E-state index in [1.807, 2.05) is 0 Å². The third-order valence-electron chi connectivity index (χ3n) is 1.59. The summed E-state index contributed by atoms with van der Waals surface area (Å²) >= 11 is 0. The van der Waals surface area contributed by atoms with E-state index in [-0.39, 0.29) is 5.56 Å². The van der Waals surface area contributed by atoms with Crippen LogP contribution in [0.2, 0.25) is 0 Å². The molecule has 0 saturated carbocycles. The van der Waals surface area contributed by atoms with Crippen molar-refractivity contribution in [3.8, 4) is 0 Å². The summed E-state index contributed by atoms with van der Waals surface area (Å²) in [5.74, 6) is 0. The molecule has 12 heavy (non-hydrogen) atoms. The Morgan fingerprint density at radius 3 is 3.08 bits per heavy atom. The van der Waals surface area contributed by atoms with Crippen molar-refractivity contribution >= 4 is 0 Å². The fourth-order valence-electron chi connectivity index (χ4n) is 0.898. The van der Waals surface area contributed by atoms with Gasteiger partial charge in [-0.15, -0.1) is 10.2 Å². The van der Waals surface area contributed by atoms with Crippen LogP contribution in [0.5, 0.6) is 0 Å². The molecule has 1 heterocycles. The molecule has 0 spiro atoms. The molecule has 0 aromatic carbocycles. The highest BCUT2D eigenvalue weighted by molar-refractivity contribution is 4.93. The van der Waals surface area contributed by atoms with Crippen LogP contribution in [-0.2, 0) is 13.5 Å². The van der Waals surface area contributed by atoms with Crippen molar-refractivity contribution in [3.63, 3.8) is 0 Å². The Labute approximate surface area is 70.2 Å². The number of nitrogens with zero attached hydrogens (tertiary/aromatic N) is 3. The van der Waals surface area contributed by atoms with Gasteiger partial charge in [0.1, 0.15) is 12.0 Å². The number of aromatic nitrogens is 3. The monoisotopic (exact) mass is 168 g/mol. The van der Waals surface area contributed by atoms with Gasteiger partial charge < -0.3 is 5.73 Å². The topological polar surface area (TPSA) is 73.8 Å². The number of nitrogens with two attached hydrogens (primary N) is 1. The van der Waals surface area contributed by atoms with Crippen LogP contribution < -0.4 is 11.3 Å². The molecule has 5 nitrogen and oxygen atoms in total. The van der Waals surface area contributed by atoms with Crippen molar-refractivity contribution < 1.29 is 0 Å². The lowest BCUT2D eigenvalue weighted by Gasteiger charge is -1.98. The average molecular weight is 168 g/mol. The Bertz CT molecular complexity index is 307. The second-order valence-electron chi connectivity index (χ2n) is 2.59. The van der Waals surface area contributed by atoms with E-state index < -0.39 is 0 Å². The van der Waals surface area contributed by atoms with Crippen molar-refractivity contribution in [1.82, 2.24) is 14.8 Å². The zero-order valence-electron chi connectivity index (χ0n) is 7.03. The van der Waals surface area contributed by atoms with Crippen molar-refractivity contribution in [2.75, 3.05) is 6.54 Å². The number of hydrogen-bond acceptors (Lipinski definition) is 4. The first-order chi connectivity index (χ1) is 5.75. The summed E-state index contributed by atoms with van der Waals surface area (Å²) in [4.78, 5) is 11.3. The Morgan fingerprint density at radius 1 is 1.67 bits per heavy atom. The molecule has 0 aliphatic heterocycles. The van der Waals surface area contributed by atoms with E-state index in [0.29, 0.717) is 18.7 Å². The van der Waals surface area contributed by atoms with Crippen LogP contribution in [0.3, 0.4) is 0 Å². The van der Waals surface area contributed by atoms with E-state index in [9.17, 15) is 4.79 Å². The van der Waals surface area contributed by atoms with Crippen LogP contribution in [0.4, 0.5) is 0 Å². The predicted molar refractivity (Wildman–Crippen MR) is 44.6 cm³/mol. The highest BCUT2D eigenvalue weighted by Crippen LogP contribution is 1.88. The highest BCUT2D eigenvalue weighted by atomic mass is 16.1. The molecule has 0 radical (unpaired) electrons. The minimum atomic E-state index is -0.0848. The molecule has 0 saturated heterocycles. The first-order valence-electron chi connectivity index (χ1n) is 3.83. The Kier molecular flexibility index (Phi) is 2.93. The lowest BCUT2D eigenvalue weighted by Crippen LogP contribution is -2.23. The second kappa shape index (κ2) is 3.96. The fraction of sp³-hybridized carbons (Fsp3) is 0.571. The molecule has 1 aromatic rings. The van der Waals surface area contributed by atoms with Gasteiger partial charge in [0.05, 0.1) is 0 Å². The Hall–Kier alpha value is -1.23. The maximum absolute atomic E-state index is 11.3. The van der Waals surface area contributed by atoms with Gasteiger partial charge in [0.2, 0.25) is 0 Å². The van der Waals surface area contributed by atoms with Crippen LogP contribution in [-0.4, -0.2) is 21.3 Å². The molecular weight excluding hydrogens is 156 g/mol. The average Bonchev–Trinajstić information content (AvgIpc) is 2.08. The van der Waals surface area contributed by atoms with Crippen LogP contribution in [0.25, 0.3) is 0 Å². The number of hydrogen-bond donors (Lipinski definition) is 1. The summed E-state index contributed by atoms with van der Waals surface area (Å²) < 4.78 is 1.42. The highest BCUT2D eigenvalue weighted by Gasteiger charge is 2.01. The van der Waals surface area contributed by atoms with Crippen LogP contribution >= 0.6 is 0 Å². The van der Waals surface area contributed by atoms with Gasteiger partial charge in [0, 0.05) is 7.05 Å². The summed E-state index contributed by atoms with van der Waals surface area (Å²) in [5.41, 5.74) is 5.71. The first kappa shape index (κ1) is 8.86. The largest absolute Gasteiger partial charge is 0.330 e. The summed E-state index contributed by atoms with van der Waals surface area (Å²) in [6.45, 7) is 0.569. The summed E-state index contributed by atoms with van der Waals surface area (Å²) in [7, 11) is 1.66. The van der Waals surface area contributed by atoms with E-state index in [0.717, 1.165) is 6.42 Å². The van der Waals surface area contributed by atoms with Crippen molar-refractivity contribution in [1.29, 1.82) is 0 Å². The van der Waals surface area contributed by atoms with E-state index in [2.05, 4.69) is 10.2 Å². The van der Waals surface area contributed by atoms with Gasteiger partial charge >= 0.3 is 0 Å². The second-order valence-corrected chi connectivity index (χ2v) is 2.59. The zero-order valence-corrected chi connectivity index (χ0v) is 7.03. The molecule has 0 unspecified atom stereocenters. The summed E-state index contributed by atoms with van der Waals surface area (Å²) in [6, 6.07) is 0. The van der Waals surface area contributed by atoms with Crippen LogP contribution in [0, 0.1) is 0 Å². The van der Waals surface area contributed by atoms with Gasteiger partial charge in [0.25, 0.3) is 5.56 Å². The first-order valence-corrected chi connectivity index (χ1v) is 3.83. The van der Waals surface area contributed by atoms with Crippen molar-refractivity contribution in [3.05, 3.63) is 22.4 Å². The molecule has 0 bridgehead atoms. The normalized spacial score (nSPS) is 10.2. The lowest BCUT2D eigenvalue weighted by atomic mass is 10.2. The molecule has 0 fully saturated rings. The minimum Gasteiger partial charge on any atom is -0.330 e. The number of rotatable bonds is 3. The van der Waals surface area contributed by atoms with Crippen molar-refractivity contribution in [2.24, 2.45) is 12.8 Å². The molecule has 1 rings (SSSR count). The SMILES string of the molecule is Cn1cnnc(CCCN)c1=O. The lowest BCUT2D eigenvalue weighted by molar-refractivity contribution is 0.703. The maximum Gasteiger partial charge on any atom is 0.275 e.